The van der Waals surface area contributed by atoms with Crippen LogP contribution in [0.15, 0.2) is 36.5 Å². The number of fused-ring (bicyclic) bond motifs is 1. The quantitative estimate of drug-likeness (QED) is 0.874. The minimum Gasteiger partial charge on any atom is -0.334 e. The molecule has 0 spiro atoms. The Morgan fingerprint density at radius 3 is 2.83 bits per heavy atom. The summed E-state index contributed by atoms with van der Waals surface area (Å²) in [6.07, 6.45) is 1.68. The molecule has 0 aliphatic carbocycles. The Labute approximate surface area is 105 Å². The van der Waals surface area contributed by atoms with Gasteiger partial charge in [-0.05, 0) is 32.0 Å². The number of rotatable bonds is 2. The van der Waals surface area contributed by atoms with Crippen molar-refractivity contribution in [3.05, 3.63) is 42.1 Å². The van der Waals surface area contributed by atoms with E-state index < -0.39 is 5.54 Å². The third kappa shape index (κ3) is 2.30. The highest BCUT2D eigenvalue weighted by Gasteiger charge is 2.21. The molecule has 0 radical (unpaired) electrons. The van der Waals surface area contributed by atoms with E-state index in [0.29, 0.717) is 5.56 Å². The van der Waals surface area contributed by atoms with Crippen LogP contribution in [0.5, 0.6) is 0 Å². The van der Waals surface area contributed by atoms with Gasteiger partial charge in [-0.15, -0.1) is 0 Å². The standard InChI is InChI=1S/C14H13N3O/c1-14(2,9-15)17-13(18)11-5-3-7-12-10(11)6-4-8-16-12/h3-8H,1-2H3,(H,17,18). The molecule has 0 atom stereocenters. The Morgan fingerprint density at radius 2 is 2.11 bits per heavy atom. The van der Waals surface area contributed by atoms with Gasteiger partial charge in [-0.3, -0.25) is 9.78 Å². The normalized spacial score (nSPS) is 10.9. The first-order valence-electron chi connectivity index (χ1n) is 5.61. The molecule has 90 valence electrons. The van der Waals surface area contributed by atoms with E-state index >= 15 is 0 Å². The smallest absolute Gasteiger partial charge is 0.253 e. The third-order valence-electron chi connectivity index (χ3n) is 2.60. The molecule has 2 rings (SSSR count). The second-order valence-corrected chi connectivity index (χ2v) is 4.57. The molecule has 2 aromatic rings. The molecule has 1 aromatic carbocycles. The molecule has 1 amide bonds. The maximum Gasteiger partial charge on any atom is 0.253 e. The summed E-state index contributed by atoms with van der Waals surface area (Å²) in [5, 5.41) is 12.4. The number of carbonyl (C=O) groups excluding carboxylic acids is 1. The maximum atomic E-state index is 12.1. The van der Waals surface area contributed by atoms with Gasteiger partial charge in [0.15, 0.2) is 0 Å². The van der Waals surface area contributed by atoms with Crippen molar-refractivity contribution < 1.29 is 4.79 Å². The minimum atomic E-state index is -0.887. The Bertz CT molecular complexity index is 636. The highest BCUT2D eigenvalue weighted by molar-refractivity contribution is 6.06. The Hall–Kier alpha value is -2.41. The summed E-state index contributed by atoms with van der Waals surface area (Å²) in [5.74, 6) is -0.264. The van der Waals surface area contributed by atoms with Crippen molar-refractivity contribution in [1.82, 2.24) is 10.3 Å². The van der Waals surface area contributed by atoms with Crippen LogP contribution in [-0.2, 0) is 0 Å². The fourth-order valence-corrected chi connectivity index (χ4v) is 1.68. The van der Waals surface area contributed by atoms with Crippen molar-refractivity contribution in [3.63, 3.8) is 0 Å². The fraction of sp³-hybridized carbons (Fsp3) is 0.214. The zero-order chi connectivity index (χ0) is 13.2. The summed E-state index contributed by atoms with van der Waals surface area (Å²) in [6, 6.07) is 11.0. The lowest BCUT2D eigenvalue weighted by Gasteiger charge is -2.18. The number of pyridine rings is 1. The van der Waals surface area contributed by atoms with Crippen LogP contribution in [0, 0.1) is 11.3 Å². The predicted octanol–water partition coefficient (Wildman–Crippen LogP) is 2.27. The van der Waals surface area contributed by atoms with Crippen molar-refractivity contribution >= 4 is 16.8 Å². The molecule has 0 saturated carbocycles. The van der Waals surface area contributed by atoms with Gasteiger partial charge in [-0.25, -0.2) is 0 Å². The fourth-order valence-electron chi connectivity index (χ4n) is 1.68. The van der Waals surface area contributed by atoms with Gasteiger partial charge in [0.2, 0.25) is 0 Å². The molecule has 4 nitrogen and oxygen atoms in total. The molecule has 1 aromatic heterocycles. The first-order chi connectivity index (χ1) is 8.53. The SMILES string of the molecule is CC(C)(C#N)NC(=O)c1cccc2ncccc12. The average Bonchev–Trinajstić information content (AvgIpc) is 2.37. The highest BCUT2D eigenvalue weighted by Crippen LogP contribution is 2.17. The van der Waals surface area contributed by atoms with Crippen LogP contribution in [0.3, 0.4) is 0 Å². The van der Waals surface area contributed by atoms with Crippen molar-refractivity contribution in [2.24, 2.45) is 0 Å². The van der Waals surface area contributed by atoms with Gasteiger partial charge in [-0.1, -0.05) is 12.1 Å². The molecule has 1 N–H and O–H groups in total. The van der Waals surface area contributed by atoms with Gasteiger partial charge in [0.1, 0.15) is 5.54 Å². The van der Waals surface area contributed by atoms with Gasteiger partial charge in [0.25, 0.3) is 5.91 Å². The molecule has 0 unspecified atom stereocenters. The lowest BCUT2D eigenvalue weighted by atomic mass is 10.0. The second kappa shape index (κ2) is 4.46. The van der Waals surface area contributed by atoms with Crippen LogP contribution in [0.25, 0.3) is 10.9 Å². The molecular formula is C14H13N3O. The Kier molecular flexibility index (Phi) is 2.99. The average molecular weight is 239 g/mol. The Balaban J connectivity index is 2.43. The van der Waals surface area contributed by atoms with E-state index in [1.807, 2.05) is 18.2 Å². The van der Waals surface area contributed by atoms with E-state index in [0.717, 1.165) is 10.9 Å². The monoisotopic (exact) mass is 239 g/mol. The first-order valence-corrected chi connectivity index (χ1v) is 5.61. The maximum absolute atomic E-state index is 12.1. The number of aromatic nitrogens is 1. The lowest BCUT2D eigenvalue weighted by Crippen LogP contribution is -2.42. The molecule has 4 heteroatoms. The predicted molar refractivity (Wildman–Crippen MR) is 68.9 cm³/mol. The number of amides is 1. The van der Waals surface area contributed by atoms with Crippen LogP contribution in [0.2, 0.25) is 0 Å². The van der Waals surface area contributed by atoms with Crippen LogP contribution in [-0.4, -0.2) is 16.4 Å². The summed E-state index contributed by atoms with van der Waals surface area (Å²) in [6.45, 7) is 3.32. The molecule has 1 heterocycles. The van der Waals surface area contributed by atoms with Crippen molar-refractivity contribution in [2.45, 2.75) is 19.4 Å². The van der Waals surface area contributed by atoms with E-state index in [1.54, 1.807) is 38.2 Å². The topological polar surface area (TPSA) is 65.8 Å². The molecule has 0 aliphatic heterocycles. The molecular weight excluding hydrogens is 226 g/mol. The van der Waals surface area contributed by atoms with Crippen molar-refractivity contribution in [3.8, 4) is 6.07 Å². The minimum absolute atomic E-state index is 0.264. The van der Waals surface area contributed by atoms with Gasteiger partial charge in [0.05, 0.1) is 11.6 Å². The van der Waals surface area contributed by atoms with Crippen LogP contribution in [0.4, 0.5) is 0 Å². The number of nitrogens with one attached hydrogen (secondary N) is 1. The molecule has 0 bridgehead atoms. The number of benzene rings is 1. The zero-order valence-electron chi connectivity index (χ0n) is 10.3. The van der Waals surface area contributed by atoms with Gasteiger partial charge in [-0.2, -0.15) is 5.26 Å². The number of hydrogen-bond donors (Lipinski definition) is 1. The molecule has 0 aliphatic rings. The van der Waals surface area contributed by atoms with Gasteiger partial charge in [0, 0.05) is 17.1 Å². The summed E-state index contributed by atoms with van der Waals surface area (Å²) in [4.78, 5) is 16.3. The zero-order valence-corrected chi connectivity index (χ0v) is 10.3. The van der Waals surface area contributed by atoms with Crippen LogP contribution < -0.4 is 5.32 Å². The number of nitrogens with zero attached hydrogens (tertiary/aromatic N) is 2. The van der Waals surface area contributed by atoms with Crippen molar-refractivity contribution in [2.75, 3.05) is 0 Å². The summed E-state index contributed by atoms with van der Waals surface area (Å²) in [7, 11) is 0. The molecule has 18 heavy (non-hydrogen) atoms. The largest absolute Gasteiger partial charge is 0.334 e. The molecule has 0 saturated heterocycles. The van der Waals surface area contributed by atoms with Crippen molar-refractivity contribution in [1.29, 1.82) is 5.26 Å². The van der Waals surface area contributed by atoms with E-state index in [9.17, 15) is 4.79 Å². The first kappa shape index (κ1) is 12.1. The van der Waals surface area contributed by atoms with E-state index in [4.69, 9.17) is 5.26 Å². The second-order valence-electron chi connectivity index (χ2n) is 4.57. The van der Waals surface area contributed by atoms with E-state index in [-0.39, 0.29) is 5.91 Å². The van der Waals surface area contributed by atoms with E-state index in [1.165, 1.54) is 0 Å². The summed E-state index contributed by atoms with van der Waals surface area (Å²) >= 11 is 0. The van der Waals surface area contributed by atoms with Crippen LogP contribution >= 0.6 is 0 Å². The number of carbonyl (C=O) groups is 1. The highest BCUT2D eigenvalue weighted by atomic mass is 16.1. The van der Waals surface area contributed by atoms with E-state index in [2.05, 4.69) is 10.3 Å². The number of nitriles is 1. The molecule has 0 fully saturated rings. The van der Waals surface area contributed by atoms with Gasteiger partial charge < -0.3 is 5.32 Å². The summed E-state index contributed by atoms with van der Waals surface area (Å²) < 4.78 is 0. The Morgan fingerprint density at radius 1 is 1.33 bits per heavy atom. The van der Waals surface area contributed by atoms with Gasteiger partial charge >= 0.3 is 0 Å². The summed E-state index contributed by atoms with van der Waals surface area (Å²) in [5.41, 5.74) is 0.408. The van der Waals surface area contributed by atoms with Crippen LogP contribution in [0.1, 0.15) is 24.2 Å². The lowest BCUT2D eigenvalue weighted by molar-refractivity contribution is 0.0931. The number of hydrogen-bond acceptors (Lipinski definition) is 3. The third-order valence-corrected chi connectivity index (χ3v) is 2.60.